The zero-order valence-corrected chi connectivity index (χ0v) is 7.75. The van der Waals surface area contributed by atoms with E-state index in [9.17, 15) is 9.32 Å². The molecule has 0 aliphatic rings. The van der Waals surface area contributed by atoms with E-state index in [1.54, 1.807) is 24.3 Å². The third kappa shape index (κ3) is 1.45. The third-order valence-corrected chi connectivity index (χ3v) is 2.15. The molecule has 0 saturated carbocycles. The van der Waals surface area contributed by atoms with E-state index in [1.807, 2.05) is 0 Å². The first-order valence-electron chi connectivity index (χ1n) is 3.76. The minimum Gasteiger partial charge on any atom is -0.479 e. The predicted octanol–water partition coefficient (Wildman–Crippen LogP) is 1.69. The maximum absolute atomic E-state index is 10.5. The Balaban J connectivity index is 2.62. The maximum atomic E-state index is 10.5. The highest BCUT2D eigenvalue weighted by molar-refractivity contribution is 7.80. The number of furan rings is 1. The lowest BCUT2D eigenvalue weighted by atomic mass is 10.2. The summed E-state index contributed by atoms with van der Waals surface area (Å²) in [6, 6.07) is 6.81. The van der Waals surface area contributed by atoms with Gasteiger partial charge in [0.05, 0.1) is 0 Å². The van der Waals surface area contributed by atoms with Crippen molar-refractivity contribution < 1.29 is 18.3 Å². The van der Waals surface area contributed by atoms with Crippen LogP contribution < -0.4 is 4.72 Å². The minimum atomic E-state index is -2.23. The standard InChI is InChI=1S/C8H7NO4S/c10-8-7(9-14(11)12)5-3-1-2-4-6(5)13-8/h1-4,9-10H,(H,11,12). The molecule has 0 aliphatic heterocycles. The molecule has 2 rings (SSSR count). The average molecular weight is 213 g/mol. The molecule has 1 atom stereocenters. The minimum absolute atomic E-state index is 0.126. The van der Waals surface area contributed by atoms with Gasteiger partial charge in [-0.2, -0.15) is 0 Å². The van der Waals surface area contributed by atoms with Crippen LogP contribution in [-0.2, 0) is 11.3 Å². The van der Waals surface area contributed by atoms with Gasteiger partial charge in [0.1, 0.15) is 11.3 Å². The first kappa shape index (κ1) is 9.04. The quantitative estimate of drug-likeness (QED) is 0.663. The molecule has 5 nitrogen and oxygen atoms in total. The normalized spacial score (nSPS) is 12.9. The number of hydrogen-bond acceptors (Lipinski definition) is 3. The van der Waals surface area contributed by atoms with Crippen LogP contribution in [0.25, 0.3) is 11.0 Å². The molecule has 1 heterocycles. The summed E-state index contributed by atoms with van der Waals surface area (Å²) < 4.78 is 26.3. The fourth-order valence-electron chi connectivity index (χ4n) is 1.22. The summed E-state index contributed by atoms with van der Waals surface area (Å²) >= 11 is -2.23. The first-order chi connectivity index (χ1) is 6.68. The number of nitrogens with one attached hydrogen (secondary N) is 1. The van der Waals surface area contributed by atoms with Gasteiger partial charge < -0.3 is 9.52 Å². The molecule has 6 heteroatoms. The molecule has 3 N–H and O–H groups in total. The van der Waals surface area contributed by atoms with Gasteiger partial charge in [-0.05, 0) is 12.1 Å². The Kier molecular flexibility index (Phi) is 2.14. The first-order valence-corrected chi connectivity index (χ1v) is 4.87. The Morgan fingerprint density at radius 2 is 2.07 bits per heavy atom. The second kappa shape index (κ2) is 3.32. The lowest BCUT2D eigenvalue weighted by molar-refractivity contribution is 0.349. The maximum Gasteiger partial charge on any atom is 0.308 e. The molecule has 0 fully saturated rings. The molecular weight excluding hydrogens is 206 g/mol. The van der Waals surface area contributed by atoms with Gasteiger partial charge in [-0.15, -0.1) is 0 Å². The molecule has 14 heavy (non-hydrogen) atoms. The highest BCUT2D eigenvalue weighted by Gasteiger charge is 2.13. The molecule has 2 aromatic rings. The molecule has 0 bridgehead atoms. The highest BCUT2D eigenvalue weighted by Crippen LogP contribution is 2.35. The predicted molar refractivity (Wildman–Crippen MR) is 52.3 cm³/mol. The van der Waals surface area contributed by atoms with Gasteiger partial charge >= 0.3 is 5.95 Å². The summed E-state index contributed by atoms with van der Waals surface area (Å²) in [7, 11) is 0. The lowest BCUT2D eigenvalue weighted by Crippen LogP contribution is -2.00. The smallest absolute Gasteiger partial charge is 0.308 e. The molecule has 1 aromatic heterocycles. The van der Waals surface area contributed by atoms with E-state index in [0.29, 0.717) is 11.0 Å². The van der Waals surface area contributed by atoms with Crippen LogP contribution in [0.1, 0.15) is 0 Å². The Morgan fingerprint density at radius 1 is 1.36 bits per heavy atom. The average Bonchev–Trinajstić information content (AvgIpc) is 2.43. The molecule has 0 amide bonds. The van der Waals surface area contributed by atoms with E-state index in [-0.39, 0.29) is 5.69 Å². The van der Waals surface area contributed by atoms with Crippen LogP contribution in [0.15, 0.2) is 28.7 Å². The summed E-state index contributed by atoms with van der Waals surface area (Å²) in [5, 5.41) is 9.87. The van der Waals surface area contributed by atoms with Gasteiger partial charge in [-0.25, -0.2) is 4.21 Å². The SMILES string of the molecule is O=S(O)Nc1c(O)oc2ccccc12. The van der Waals surface area contributed by atoms with Crippen molar-refractivity contribution in [3.8, 4) is 5.95 Å². The van der Waals surface area contributed by atoms with Crippen molar-refractivity contribution in [2.75, 3.05) is 4.72 Å². The van der Waals surface area contributed by atoms with Crippen molar-refractivity contribution in [3.05, 3.63) is 24.3 Å². The monoisotopic (exact) mass is 213 g/mol. The topological polar surface area (TPSA) is 82.7 Å². The Hall–Kier alpha value is -1.53. The van der Waals surface area contributed by atoms with E-state index < -0.39 is 17.2 Å². The van der Waals surface area contributed by atoms with Crippen LogP contribution in [0.5, 0.6) is 5.95 Å². The van der Waals surface area contributed by atoms with Crippen molar-refractivity contribution >= 4 is 27.9 Å². The van der Waals surface area contributed by atoms with Crippen LogP contribution in [0.4, 0.5) is 5.69 Å². The number of rotatable bonds is 2. The highest BCUT2D eigenvalue weighted by atomic mass is 32.2. The van der Waals surface area contributed by atoms with Crippen molar-refractivity contribution in [3.63, 3.8) is 0 Å². The molecule has 0 spiro atoms. The lowest BCUT2D eigenvalue weighted by Gasteiger charge is -1.96. The number of aromatic hydroxyl groups is 1. The molecule has 74 valence electrons. The number of hydrogen-bond donors (Lipinski definition) is 3. The zero-order chi connectivity index (χ0) is 10.1. The molecule has 1 unspecified atom stereocenters. The van der Waals surface area contributed by atoms with Crippen LogP contribution in [-0.4, -0.2) is 13.9 Å². The van der Waals surface area contributed by atoms with Crippen molar-refractivity contribution in [1.29, 1.82) is 0 Å². The van der Waals surface area contributed by atoms with E-state index >= 15 is 0 Å². The molecule has 0 saturated heterocycles. The molecule has 1 aromatic carbocycles. The zero-order valence-electron chi connectivity index (χ0n) is 6.93. The number of para-hydroxylation sites is 1. The summed E-state index contributed by atoms with van der Waals surface area (Å²) in [4.78, 5) is 0. The van der Waals surface area contributed by atoms with Crippen molar-refractivity contribution in [2.24, 2.45) is 0 Å². The number of benzene rings is 1. The van der Waals surface area contributed by atoms with Crippen molar-refractivity contribution in [1.82, 2.24) is 0 Å². The van der Waals surface area contributed by atoms with E-state index in [0.717, 1.165) is 0 Å². The van der Waals surface area contributed by atoms with Gasteiger partial charge in [0.25, 0.3) is 11.3 Å². The van der Waals surface area contributed by atoms with Gasteiger partial charge in [-0.3, -0.25) is 9.27 Å². The van der Waals surface area contributed by atoms with Crippen LogP contribution >= 0.6 is 0 Å². The Bertz CT molecular complexity index is 493. The van der Waals surface area contributed by atoms with Crippen molar-refractivity contribution in [2.45, 2.75) is 0 Å². The fourth-order valence-corrected chi connectivity index (χ4v) is 1.59. The molecule has 0 radical (unpaired) electrons. The van der Waals surface area contributed by atoms with Gasteiger partial charge in [0.2, 0.25) is 0 Å². The van der Waals surface area contributed by atoms with Crippen LogP contribution in [0, 0.1) is 0 Å². The Labute approximate surface area is 81.8 Å². The van der Waals surface area contributed by atoms with Crippen LogP contribution in [0.3, 0.4) is 0 Å². The van der Waals surface area contributed by atoms with Gasteiger partial charge in [-0.1, -0.05) is 12.1 Å². The second-order valence-corrected chi connectivity index (χ2v) is 3.33. The second-order valence-electron chi connectivity index (χ2n) is 2.63. The van der Waals surface area contributed by atoms with E-state index in [2.05, 4.69) is 4.72 Å². The largest absolute Gasteiger partial charge is 0.479 e. The van der Waals surface area contributed by atoms with Gasteiger partial charge in [0, 0.05) is 5.39 Å². The molecule has 0 aliphatic carbocycles. The fraction of sp³-hybridized carbons (Fsp3) is 0. The summed E-state index contributed by atoms with van der Waals surface area (Å²) in [6.45, 7) is 0. The number of fused-ring (bicyclic) bond motifs is 1. The molecular formula is C8H7NO4S. The van der Waals surface area contributed by atoms with Crippen LogP contribution in [0.2, 0.25) is 0 Å². The van der Waals surface area contributed by atoms with E-state index in [4.69, 9.17) is 8.97 Å². The number of anilines is 1. The summed E-state index contributed by atoms with van der Waals surface area (Å²) in [5.74, 6) is -0.395. The Morgan fingerprint density at radius 3 is 2.79 bits per heavy atom. The summed E-state index contributed by atoms with van der Waals surface area (Å²) in [5.41, 5.74) is 0.583. The third-order valence-electron chi connectivity index (χ3n) is 1.77. The summed E-state index contributed by atoms with van der Waals surface area (Å²) in [6.07, 6.45) is 0. The van der Waals surface area contributed by atoms with E-state index in [1.165, 1.54) is 0 Å². The van der Waals surface area contributed by atoms with Gasteiger partial charge in [0.15, 0.2) is 0 Å².